The number of carbonyl (C=O) groups is 2. The summed E-state index contributed by atoms with van der Waals surface area (Å²) in [6.45, 7) is 0.350. The van der Waals surface area contributed by atoms with Crippen LogP contribution in [0.1, 0.15) is 11.1 Å². The number of benzene rings is 3. The first-order chi connectivity index (χ1) is 14.5. The molecule has 1 heterocycles. The number of rotatable bonds is 5. The quantitative estimate of drug-likeness (QED) is 0.287. The third kappa shape index (κ3) is 4.34. The van der Waals surface area contributed by atoms with Crippen LogP contribution >= 0.6 is 34.2 Å². The minimum absolute atomic E-state index is 0.0828. The Hall–Kier alpha value is -2.84. The Labute approximate surface area is 192 Å². The number of amides is 2. The van der Waals surface area contributed by atoms with E-state index in [2.05, 4.69) is 28.0 Å². The Bertz CT molecular complexity index is 1150. The molecule has 3 aromatic carbocycles. The van der Waals surface area contributed by atoms with Gasteiger partial charge in [-0.25, -0.2) is 5.01 Å². The van der Waals surface area contributed by atoms with Crippen molar-refractivity contribution >= 4 is 57.8 Å². The van der Waals surface area contributed by atoms with E-state index in [0.717, 1.165) is 14.7 Å². The van der Waals surface area contributed by atoms with Gasteiger partial charge in [-0.2, -0.15) is 0 Å². The number of hydrogen-bond acceptors (Lipinski definition) is 3. The average molecular weight is 531 g/mol. The van der Waals surface area contributed by atoms with Crippen LogP contribution in [0, 0.1) is 3.57 Å². The molecule has 1 N–H and O–H groups in total. The van der Waals surface area contributed by atoms with Crippen LogP contribution in [-0.4, -0.2) is 11.8 Å². The lowest BCUT2D eigenvalue weighted by atomic mass is 10.1. The average Bonchev–Trinajstić information content (AvgIpc) is 3.03. The monoisotopic (exact) mass is 530 g/mol. The first kappa shape index (κ1) is 20.4. The summed E-state index contributed by atoms with van der Waals surface area (Å²) in [5.41, 5.74) is 4.92. The first-order valence-corrected chi connectivity index (χ1v) is 10.6. The zero-order valence-electron chi connectivity index (χ0n) is 15.6. The van der Waals surface area contributed by atoms with Crippen molar-refractivity contribution in [1.29, 1.82) is 0 Å². The van der Waals surface area contributed by atoms with E-state index in [-0.39, 0.29) is 11.5 Å². The van der Waals surface area contributed by atoms with Crippen molar-refractivity contribution in [3.8, 4) is 5.75 Å². The smallest absolute Gasteiger partial charge is 0.282 e. The molecule has 5 nitrogen and oxygen atoms in total. The van der Waals surface area contributed by atoms with Gasteiger partial charge in [0.15, 0.2) is 0 Å². The van der Waals surface area contributed by atoms with E-state index < -0.39 is 5.91 Å². The van der Waals surface area contributed by atoms with Gasteiger partial charge in [-0.15, -0.1) is 0 Å². The number of carbonyl (C=O) groups excluding carboxylic acids is 2. The molecular weight excluding hydrogens is 515 g/mol. The largest absolute Gasteiger partial charge is 0.488 e. The standard InChI is InChI=1S/C23H16ClIN2O3/c24-19-9-5-4-6-16(19)14-30-21-11-10-15(13-20(21)25)12-18-22(28)26-27(23(18)29)17-7-2-1-3-8-17/h1-13H,14H2,(H,26,28)/b18-12-. The lowest BCUT2D eigenvalue weighted by Crippen LogP contribution is -2.35. The van der Waals surface area contributed by atoms with Gasteiger partial charge in [0.2, 0.25) is 0 Å². The van der Waals surface area contributed by atoms with Gasteiger partial charge in [-0.3, -0.25) is 15.0 Å². The van der Waals surface area contributed by atoms with Gasteiger partial charge in [0.05, 0.1) is 9.26 Å². The highest BCUT2D eigenvalue weighted by atomic mass is 127. The fraction of sp³-hybridized carbons (Fsp3) is 0.0435. The Balaban J connectivity index is 1.51. The minimum Gasteiger partial charge on any atom is -0.488 e. The zero-order chi connectivity index (χ0) is 21.1. The molecule has 0 unspecified atom stereocenters. The van der Waals surface area contributed by atoms with Gasteiger partial charge < -0.3 is 4.74 Å². The maximum absolute atomic E-state index is 12.7. The highest BCUT2D eigenvalue weighted by Gasteiger charge is 2.34. The van der Waals surface area contributed by atoms with Crippen LogP contribution in [0.25, 0.3) is 6.08 Å². The molecule has 0 bridgehead atoms. The van der Waals surface area contributed by atoms with Crippen molar-refractivity contribution in [1.82, 2.24) is 5.43 Å². The SMILES string of the molecule is O=C1NN(c2ccccc2)C(=O)/C1=C\c1ccc(OCc2ccccc2Cl)c(I)c1. The summed E-state index contributed by atoms with van der Waals surface area (Å²) in [6, 6.07) is 22.0. The molecule has 0 aliphatic carbocycles. The molecule has 7 heteroatoms. The number of nitrogens with one attached hydrogen (secondary N) is 1. The molecule has 0 spiro atoms. The number of anilines is 1. The number of hydrazine groups is 1. The van der Waals surface area contributed by atoms with E-state index in [1.807, 2.05) is 48.5 Å². The second-order valence-electron chi connectivity index (χ2n) is 6.54. The van der Waals surface area contributed by atoms with Crippen LogP contribution in [0.3, 0.4) is 0 Å². The van der Waals surface area contributed by atoms with Gasteiger partial charge in [0.25, 0.3) is 11.8 Å². The molecule has 1 saturated heterocycles. The molecule has 1 fully saturated rings. The summed E-state index contributed by atoms with van der Waals surface area (Å²) < 4.78 is 6.74. The molecule has 0 saturated carbocycles. The second-order valence-corrected chi connectivity index (χ2v) is 8.11. The summed E-state index contributed by atoms with van der Waals surface area (Å²) >= 11 is 8.34. The Morgan fingerprint density at radius 1 is 1.00 bits per heavy atom. The van der Waals surface area contributed by atoms with E-state index >= 15 is 0 Å². The lowest BCUT2D eigenvalue weighted by Gasteiger charge is -2.13. The molecule has 1 aliphatic rings. The van der Waals surface area contributed by atoms with Crippen LogP contribution in [0.2, 0.25) is 5.02 Å². The summed E-state index contributed by atoms with van der Waals surface area (Å²) in [5.74, 6) is -0.121. The van der Waals surface area contributed by atoms with Crippen molar-refractivity contribution in [2.45, 2.75) is 6.61 Å². The summed E-state index contributed by atoms with van der Waals surface area (Å²) in [6.07, 6.45) is 1.58. The summed E-state index contributed by atoms with van der Waals surface area (Å²) in [7, 11) is 0. The van der Waals surface area contributed by atoms with Crippen LogP contribution in [0.4, 0.5) is 5.69 Å². The molecule has 30 heavy (non-hydrogen) atoms. The van der Waals surface area contributed by atoms with Gasteiger partial charge in [0, 0.05) is 10.6 Å². The number of hydrogen-bond donors (Lipinski definition) is 1. The molecule has 1 aliphatic heterocycles. The Morgan fingerprint density at radius 2 is 1.73 bits per heavy atom. The molecule has 2 amide bonds. The van der Waals surface area contributed by atoms with Crippen molar-refractivity contribution in [2.24, 2.45) is 0 Å². The van der Waals surface area contributed by atoms with Gasteiger partial charge in [0.1, 0.15) is 17.9 Å². The third-order valence-electron chi connectivity index (χ3n) is 4.51. The number of halogens is 2. The fourth-order valence-corrected chi connectivity index (χ4v) is 3.86. The molecule has 0 aromatic heterocycles. The number of ether oxygens (including phenoxy) is 1. The highest BCUT2D eigenvalue weighted by Crippen LogP contribution is 2.27. The predicted octanol–water partition coefficient (Wildman–Crippen LogP) is 4.99. The summed E-state index contributed by atoms with van der Waals surface area (Å²) in [4.78, 5) is 25.0. The Morgan fingerprint density at radius 3 is 2.47 bits per heavy atom. The number of para-hydroxylation sites is 1. The van der Waals surface area contributed by atoms with Crippen molar-refractivity contribution in [2.75, 3.05) is 5.01 Å². The van der Waals surface area contributed by atoms with Gasteiger partial charge in [-0.05, 0) is 64.6 Å². The van der Waals surface area contributed by atoms with E-state index in [1.54, 1.807) is 30.3 Å². The predicted molar refractivity (Wildman–Crippen MR) is 125 cm³/mol. The highest BCUT2D eigenvalue weighted by molar-refractivity contribution is 14.1. The van der Waals surface area contributed by atoms with E-state index in [9.17, 15) is 9.59 Å². The number of nitrogens with zero attached hydrogens (tertiary/aromatic N) is 1. The normalized spacial score (nSPS) is 14.9. The van der Waals surface area contributed by atoms with Crippen molar-refractivity contribution in [3.63, 3.8) is 0 Å². The molecule has 0 atom stereocenters. The molecule has 0 radical (unpaired) electrons. The van der Waals surface area contributed by atoms with E-state index in [0.29, 0.717) is 23.1 Å². The molecule has 3 aromatic rings. The van der Waals surface area contributed by atoms with E-state index in [1.165, 1.54) is 5.01 Å². The van der Waals surface area contributed by atoms with Crippen molar-refractivity contribution in [3.05, 3.63) is 98.1 Å². The first-order valence-electron chi connectivity index (χ1n) is 9.11. The van der Waals surface area contributed by atoms with Crippen LogP contribution in [0.5, 0.6) is 5.75 Å². The van der Waals surface area contributed by atoms with Gasteiger partial charge >= 0.3 is 0 Å². The van der Waals surface area contributed by atoms with E-state index in [4.69, 9.17) is 16.3 Å². The molecule has 4 rings (SSSR count). The lowest BCUT2D eigenvalue weighted by molar-refractivity contribution is -0.117. The third-order valence-corrected chi connectivity index (χ3v) is 5.73. The molecular formula is C23H16ClIN2O3. The van der Waals surface area contributed by atoms with Crippen LogP contribution < -0.4 is 15.2 Å². The fourth-order valence-electron chi connectivity index (χ4n) is 2.98. The Kier molecular flexibility index (Phi) is 6.06. The van der Waals surface area contributed by atoms with Gasteiger partial charge in [-0.1, -0.05) is 54.1 Å². The summed E-state index contributed by atoms with van der Waals surface area (Å²) in [5, 5.41) is 1.91. The maximum atomic E-state index is 12.7. The zero-order valence-corrected chi connectivity index (χ0v) is 18.6. The van der Waals surface area contributed by atoms with Crippen LogP contribution in [-0.2, 0) is 16.2 Å². The maximum Gasteiger partial charge on any atom is 0.282 e. The van der Waals surface area contributed by atoms with Crippen molar-refractivity contribution < 1.29 is 14.3 Å². The second kappa shape index (κ2) is 8.89. The topological polar surface area (TPSA) is 58.6 Å². The molecule has 150 valence electrons. The van der Waals surface area contributed by atoms with Crippen LogP contribution in [0.15, 0.2) is 78.4 Å². The minimum atomic E-state index is -0.432.